The third-order valence-corrected chi connectivity index (χ3v) is 16.9. The molecule has 3 heterocycles. The molecule has 0 saturated carbocycles. The van der Waals surface area contributed by atoms with E-state index < -0.39 is 0 Å². The molecule has 0 atom stereocenters. The van der Waals surface area contributed by atoms with E-state index in [2.05, 4.69) is 240 Å². The van der Waals surface area contributed by atoms with Gasteiger partial charge >= 0.3 is 0 Å². The number of rotatable bonds is 9. The number of hydrogen-bond acceptors (Lipinski definition) is 4. The maximum Gasteiger partial charge on any atom is 0.168 e. The standard InChI is InChI=1S/C78H60N6/c1-46-19-27-61(50(5)35-46)57-23-31-69-65(41-57)66-42-58(62-28-20-47(2)36-51(62)6)24-32-70(66)83(69)73-39-54(45-79)40-74(75(73)78-81-76(55-15-11-9-12-16-55)80-77(82-78)56-17-13-10-14-18-56)84-71-33-25-59(63-29-21-48(3)37-52(63)7)43-67(71)68-44-60(26-34-72(68)84)64-30-22-49(4)38-53(64)8/h9-44H,1-8H3. The summed E-state index contributed by atoms with van der Waals surface area (Å²) in [5.74, 6) is 1.55. The lowest BCUT2D eigenvalue weighted by molar-refractivity contribution is 1.05. The highest BCUT2D eigenvalue weighted by Crippen LogP contribution is 2.46. The first-order valence-electron chi connectivity index (χ1n) is 28.8. The highest BCUT2D eigenvalue weighted by Gasteiger charge is 2.28. The van der Waals surface area contributed by atoms with Crippen LogP contribution in [-0.2, 0) is 0 Å². The summed E-state index contributed by atoms with van der Waals surface area (Å²) >= 11 is 0. The number of aryl methyl sites for hydroxylation is 8. The molecule has 0 fully saturated rings. The lowest BCUT2D eigenvalue weighted by Gasteiger charge is -2.21. The van der Waals surface area contributed by atoms with Crippen LogP contribution in [0.15, 0.2) is 218 Å². The zero-order valence-corrected chi connectivity index (χ0v) is 48.5. The highest BCUT2D eigenvalue weighted by molar-refractivity contribution is 6.14. The predicted octanol–water partition coefficient (Wildman–Crippen LogP) is 20.1. The Morgan fingerprint density at radius 2 is 0.595 bits per heavy atom. The van der Waals surface area contributed by atoms with Crippen LogP contribution in [0, 0.1) is 66.7 Å². The molecule has 0 aliphatic rings. The van der Waals surface area contributed by atoms with Crippen molar-refractivity contribution in [2.75, 3.05) is 0 Å². The van der Waals surface area contributed by atoms with Gasteiger partial charge in [0.1, 0.15) is 0 Å². The van der Waals surface area contributed by atoms with Crippen molar-refractivity contribution in [2.24, 2.45) is 0 Å². The second kappa shape index (κ2) is 20.5. The molecule has 402 valence electrons. The second-order valence-electron chi connectivity index (χ2n) is 22.9. The zero-order valence-electron chi connectivity index (χ0n) is 48.5. The minimum absolute atomic E-state index is 0.472. The van der Waals surface area contributed by atoms with Crippen LogP contribution < -0.4 is 0 Å². The Morgan fingerprint density at radius 1 is 0.298 bits per heavy atom. The van der Waals surface area contributed by atoms with Gasteiger partial charge in [-0.1, -0.05) is 180 Å². The van der Waals surface area contributed by atoms with E-state index in [1.165, 1.54) is 66.8 Å². The van der Waals surface area contributed by atoms with Gasteiger partial charge in [0, 0.05) is 32.7 Å². The van der Waals surface area contributed by atoms with Crippen molar-refractivity contribution >= 4 is 43.6 Å². The van der Waals surface area contributed by atoms with Crippen LogP contribution in [0.2, 0.25) is 0 Å². The van der Waals surface area contributed by atoms with Gasteiger partial charge in [-0.3, -0.25) is 0 Å². The van der Waals surface area contributed by atoms with Gasteiger partial charge in [0.05, 0.1) is 50.6 Å². The molecule has 3 aromatic heterocycles. The Hall–Kier alpha value is -10.5. The first-order valence-corrected chi connectivity index (χ1v) is 28.8. The van der Waals surface area contributed by atoms with Crippen molar-refractivity contribution in [1.29, 1.82) is 5.26 Å². The molecular weight excluding hydrogens is 1020 g/mol. The summed E-state index contributed by atoms with van der Waals surface area (Å²) in [5, 5.41) is 15.9. The molecule has 84 heavy (non-hydrogen) atoms. The highest BCUT2D eigenvalue weighted by atomic mass is 15.1. The van der Waals surface area contributed by atoms with Crippen molar-refractivity contribution in [3.63, 3.8) is 0 Å². The largest absolute Gasteiger partial charge is 0.308 e. The van der Waals surface area contributed by atoms with Crippen molar-refractivity contribution in [1.82, 2.24) is 24.1 Å². The molecule has 6 heteroatoms. The lowest BCUT2D eigenvalue weighted by Crippen LogP contribution is -2.08. The Kier molecular flexibility index (Phi) is 12.6. The van der Waals surface area contributed by atoms with E-state index >= 15 is 0 Å². The number of nitrogens with zero attached hydrogens (tertiary/aromatic N) is 6. The lowest BCUT2D eigenvalue weighted by atomic mass is 9.95. The van der Waals surface area contributed by atoms with Crippen LogP contribution in [0.3, 0.4) is 0 Å². The van der Waals surface area contributed by atoms with Crippen LogP contribution in [-0.4, -0.2) is 24.1 Å². The van der Waals surface area contributed by atoms with Crippen LogP contribution in [0.1, 0.15) is 50.1 Å². The normalized spacial score (nSPS) is 11.6. The van der Waals surface area contributed by atoms with Crippen LogP contribution in [0.4, 0.5) is 0 Å². The molecule has 0 spiro atoms. The van der Waals surface area contributed by atoms with E-state index in [0.29, 0.717) is 23.0 Å². The number of hydrogen-bond donors (Lipinski definition) is 0. The number of fused-ring (bicyclic) bond motifs is 6. The van der Waals surface area contributed by atoms with Crippen LogP contribution >= 0.6 is 0 Å². The van der Waals surface area contributed by atoms with E-state index in [0.717, 1.165) is 93.9 Å². The van der Waals surface area contributed by atoms with Crippen molar-refractivity contribution in [3.8, 4) is 96.1 Å². The average Bonchev–Trinajstić information content (AvgIpc) is 1.71. The first kappa shape index (κ1) is 51.7. The van der Waals surface area contributed by atoms with Gasteiger partial charge in [-0.05, 0) is 183 Å². The molecule has 0 amide bonds. The molecule has 14 aromatic rings. The van der Waals surface area contributed by atoms with E-state index in [4.69, 9.17) is 15.0 Å². The van der Waals surface area contributed by atoms with Gasteiger partial charge in [0.15, 0.2) is 17.5 Å². The topological polar surface area (TPSA) is 72.3 Å². The van der Waals surface area contributed by atoms with Crippen molar-refractivity contribution in [3.05, 3.63) is 268 Å². The molecule has 0 radical (unpaired) electrons. The van der Waals surface area contributed by atoms with Gasteiger partial charge < -0.3 is 9.13 Å². The van der Waals surface area contributed by atoms with E-state index in [-0.39, 0.29) is 0 Å². The van der Waals surface area contributed by atoms with Crippen LogP contribution in [0.5, 0.6) is 0 Å². The molecule has 6 nitrogen and oxygen atoms in total. The molecule has 0 N–H and O–H groups in total. The van der Waals surface area contributed by atoms with Gasteiger partial charge in [-0.2, -0.15) is 5.26 Å². The molecule has 0 saturated heterocycles. The third-order valence-electron chi connectivity index (χ3n) is 16.9. The van der Waals surface area contributed by atoms with E-state index in [1.807, 2.05) is 48.5 Å². The van der Waals surface area contributed by atoms with E-state index in [9.17, 15) is 5.26 Å². The second-order valence-corrected chi connectivity index (χ2v) is 22.9. The van der Waals surface area contributed by atoms with Crippen molar-refractivity contribution < 1.29 is 0 Å². The molecular formula is C78H60N6. The van der Waals surface area contributed by atoms with Gasteiger partial charge in [-0.25, -0.2) is 15.0 Å². The van der Waals surface area contributed by atoms with Gasteiger partial charge in [0.2, 0.25) is 0 Å². The minimum Gasteiger partial charge on any atom is -0.308 e. The monoisotopic (exact) mass is 1080 g/mol. The van der Waals surface area contributed by atoms with Gasteiger partial charge in [0.25, 0.3) is 0 Å². The predicted molar refractivity (Wildman–Crippen MR) is 349 cm³/mol. The Morgan fingerprint density at radius 3 is 0.881 bits per heavy atom. The zero-order chi connectivity index (χ0) is 57.5. The Balaban J connectivity index is 1.14. The SMILES string of the molecule is Cc1ccc(-c2ccc3c(c2)c2cc(-c4ccc(C)cc4C)ccc2n3-c2cc(C#N)cc(-n3c4ccc(-c5ccc(C)cc5C)cc4c4cc(-c5ccc(C)cc5C)ccc43)c2-c2nc(-c3ccccc3)nc(-c3ccccc3)n2)c(C)c1. The quantitative estimate of drug-likeness (QED) is 0.144. The Labute approximate surface area is 490 Å². The fourth-order valence-electron chi connectivity index (χ4n) is 13.0. The first-order chi connectivity index (χ1) is 40.8. The van der Waals surface area contributed by atoms with Crippen molar-refractivity contribution in [2.45, 2.75) is 55.4 Å². The smallest absolute Gasteiger partial charge is 0.168 e. The van der Waals surface area contributed by atoms with E-state index in [1.54, 1.807) is 0 Å². The maximum absolute atomic E-state index is 11.5. The molecule has 0 aliphatic carbocycles. The summed E-state index contributed by atoms with van der Waals surface area (Å²) in [7, 11) is 0. The Bertz CT molecular complexity index is 4530. The summed E-state index contributed by atoms with van der Waals surface area (Å²) in [5.41, 5.74) is 27.5. The molecule has 14 rings (SSSR count). The summed E-state index contributed by atoms with van der Waals surface area (Å²) < 4.78 is 4.70. The number of nitriles is 1. The number of aromatic nitrogens is 5. The minimum atomic E-state index is 0.472. The molecule has 0 bridgehead atoms. The fourth-order valence-corrected chi connectivity index (χ4v) is 13.0. The molecule has 11 aromatic carbocycles. The summed E-state index contributed by atoms with van der Waals surface area (Å²) in [6.45, 7) is 17.4. The number of benzene rings is 11. The van der Waals surface area contributed by atoms with Crippen LogP contribution in [0.25, 0.3) is 134 Å². The average molecular weight is 1080 g/mol. The summed E-state index contributed by atoms with van der Waals surface area (Å²) in [6, 6.07) is 81.2. The molecule has 0 unspecified atom stereocenters. The summed E-state index contributed by atoms with van der Waals surface area (Å²) in [4.78, 5) is 16.4. The van der Waals surface area contributed by atoms with Gasteiger partial charge in [-0.15, -0.1) is 0 Å². The fraction of sp³-hybridized carbons (Fsp3) is 0.103. The maximum atomic E-state index is 11.5. The summed E-state index contributed by atoms with van der Waals surface area (Å²) in [6.07, 6.45) is 0. The molecule has 0 aliphatic heterocycles. The third kappa shape index (κ3) is 8.93.